The second-order valence-corrected chi connectivity index (χ2v) is 6.14. The zero-order chi connectivity index (χ0) is 15.1. The normalized spacial score (nSPS) is 23.3. The average Bonchev–Trinajstić information content (AvgIpc) is 3.02. The summed E-state index contributed by atoms with van der Waals surface area (Å²) < 4.78 is 5.16. The molecule has 0 aromatic rings. The Balaban J connectivity index is 1.76. The van der Waals surface area contributed by atoms with Crippen LogP contribution >= 0.6 is 0 Å². The van der Waals surface area contributed by atoms with Crippen molar-refractivity contribution in [3.05, 3.63) is 0 Å². The predicted octanol–water partition coefficient (Wildman–Crippen LogP) is 1.09. The number of carbonyl (C=O) groups excluding carboxylic acids is 1. The molecule has 1 unspecified atom stereocenters. The highest BCUT2D eigenvalue weighted by Crippen LogP contribution is 2.24. The van der Waals surface area contributed by atoms with Crippen LogP contribution in [-0.2, 0) is 9.53 Å². The van der Waals surface area contributed by atoms with E-state index in [-0.39, 0.29) is 12.0 Å². The van der Waals surface area contributed by atoms with E-state index < -0.39 is 0 Å². The monoisotopic (exact) mass is 297 g/mol. The summed E-state index contributed by atoms with van der Waals surface area (Å²) in [5.41, 5.74) is 0. The van der Waals surface area contributed by atoms with Gasteiger partial charge in [-0.05, 0) is 26.3 Å². The Morgan fingerprint density at radius 3 is 2.43 bits per heavy atom. The Hall–Kier alpha value is -0.650. The van der Waals surface area contributed by atoms with Gasteiger partial charge in [0.1, 0.15) is 6.04 Å². The van der Waals surface area contributed by atoms with Crippen molar-refractivity contribution in [2.45, 2.75) is 51.6 Å². The Morgan fingerprint density at radius 2 is 1.86 bits per heavy atom. The first-order chi connectivity index (χ1) is 10.2. The van der Waals surface area contributed by atoms with Gasteiger partial charge in [-0.3, -0.25) is 14.6 Å². The van der Waals surface area contributed by atoms with E-state index in [2.05, 4.69) is 15.1 Å². The maximum Gasteiger partial charge on any atom is 0.324 e. The van der Waals surface area contributed by atoms with Crippen LogP contribution in [0.3, 0.4) is 0 Å². The number of ether oxygens (including phenoxy) is 1. The summed E-state index contributed by atoms with van der Waals surface area (Å²) in [4.78, 5) is 17.0. The summed E-state index contributed by atoms with van der Waals surface area (Å²) >= 11 is 0. The zero-order valence-electron chi connectivity index (χ0n) is 13.6. The molecule has 2 fully saturated rings. The van der Waals surface area contributed by atoms with E-state index in [9.17, 15) is 4.79 Å². The fourth-order valence-corrected chi connectivity index (χ4v) is 3.55. The lowest BCUT2D eigenvalue weighted by Crippen LogP contribution is -2.54. The van der Waals surface area contributed by atoms with Gasteiger partial charge in [0.05, 0.1) is 6.61 Å². The molecule has 2 aliphatic rings. The maximum absolute atomic E-state index is 12.0. The lowest BCUT2D eigenvalue weighted by Gasteiger charge is -2.39. The molecule has 5 heteroatoms. The summed E-state index contributed by atoms with van der Waals surface area (Å²) in [6.45, 7) is 10.3. The predicted molar refractivity (Wildman–Crippen MR) is 84.4 cm³/mol. The van der Waals surface area contributed by atoms with Crippen molar-refractivity contribution in [1.29, 1.82) is 0 Å². The molecule has 0 aromatic carbocycles. The first kappa shape index (κ1) is 16.7. The fourth-order valence-electron chi connectivity index (χ4n) is 3.55. The Morgan fingerprint density at radius 1 is 1.19 bits per heavy atom. The number of nitrogens with one attached hydrogen (secondary N) is 1. The summed E-state index contributed by atoms with van der Waals surface area (Å²) in [6, 6.07) is 0.634. The molecule has 1 heterocycles. The highest BCUT2D eigenvalue weighted by molar-refractivity contribution is 5.76. The lowest BCUT2D eigenvalue weighted by molar-refractivity contribution is -0.146. The first-order valence-corrected chi connectivity index (χ1v) is 8.61. The van der Waals surface area contributed by atoms with E-state index in [0.717, 1.165) is 45.3 Å². The molecule has 0 radical (unpaired) electrons. The van der Waals surface area contributed by atoms with Crippen LogP contribution in [0.25, 0.3) is 0 Å². The number of hydrogen-bond donors (Lipinski definition) is 1. The number of nitrogens with zero attached hydrogens (tertiary/aromatic N) is 2. The molecule has 0 amide bonds. The highest BCUT2D eigenvalue weighted by Gasteiger charge is 2.28. The standard InChI is InChI=1S/C16H31N3O2/c1-3-17-15(16(20)21-4-2)13-18-9-11-19(12-10-18)14-7-5-6-8-14/h14-15,17H,3-13H2,1-2H3. The van der Waals surface area contributed by atoms with Crippen LogP contribution in [0.1, 0.15) is 39.5 Å². The molecule has 0 bridgehead atoms. The van der Waals surface area contributed by atoms with Gasteiger partial charge < -0.3 is 10.1 Å². The SMILES string of the molecule is CCNC(CN1CCN(C2CCCC2)CC1)C(=O)OCC. The van der Waals surface area contributed by atoms with Crippen molar-refractivity contribution in [3.63, 3.8) is 0 Å². The smallest absolute Gasteiger partial charge is 0.324 e. The molecule has 1 saturated carbocycles. The number of esters is 1. The molecule has 5 nitrogen and oxygen atoms in total. The van der Waals surface area contributed by atoms with Crippen molar-refractivity contribution in [2.24, 2.45) is 0 Å². The van der Waals surface area contributed by atoms with Crippen molar-refractivity contribution >= 4 is 5.97 Å². The molecular formula is C16H31N3O2. The van der Waals surface area contributed by atoms with Crippen LogP contribution in [0.5, 0.6) is 0 Å². The zero-order valence-corrected chi connectivity index (χ0v) is 13.6. The number of carbonyl (C=O) groups is 1. The minimum atomic E-state index is -0.187. The van der Waals surface area contributed by atoms with Crippen LogP contribution in [0.4, 0.5) is 0 Å². The first-order valence-electron chi connectivity index (χ1n) is 8.61. The van der Waals surface area contributed by atoms with Crippen LogP contribution in [-0.4, -0.2) is 73.7 Å². The van der Waals surface area contributed by atoms with Gasteiger partial charge in [-0.25, -0.2) is 0 Å². The van der Waals surface area contributed by atoms with Gasteiger partial charge in [0.2, 0.25) is 0 Å². The molecule has 1 aliphatic carbocycles. The largest absolute Gasteiger partial charge is 0.465 e. The minimum Gasteiger partial charge on any atom is -0.465 e. The number of rotatable bonds is 7. The van der Waals surface area contributed by atoms with E-state index in [1.807, 2.05) is 13.8 Å². The summed E-state index contributed by atoms with van der Waals surface area (Å²) in [6.07, 6.45) is 5.55. The molecule has 1 N–H and O–H groups in total. The van der Waals surface area contributed by atoms with E-state index in [4.69, 9.17) is 4.74 Å². The van der Waals surface area contributed by atoms with Crippen molar-refractivity contribution in [3.8, 4) is 0 Å². The second-order valence-electron chi connectivity index (χ2n) is 6.14. The minimum absolute atomic E-state index is 0.113. The molecular weight excluding hydrogens is 266 g/mol. The second kappa shape index (κ2) is 8.71. The van der Waals surface area contributed by atoms with Gasteiger partial charge in [0, 0.05) is 38.8 Å². The van der Waals surface area contributed by atoms with Crippen molar-refractivity contribution in [2.75, 3.05) is 45.9 Å². The summed E-state index contributed by atoms with van der Waals surface area (Å²) in [5, 5.41) is 3.25. The molecule has 1 saturated heterocycles. The number of likely N-dealkylation sites (N-methyl/N-ethyl adjacent to an activating group) is 1. The Kier molecular flexibility index (Phi) is 6.93. The van der Waals surface area contributed by atoms with E-state index in [1.165, 1.54) is 25.7 Å². The lowest BCUT2D eigenvalue weighted by atomic mass is 10.1. The van der Waals surface area contributed by atoms with Crippen LogP contribution in [0.15, 0.2) is 0 Å². The third kappa shape index (κ3) is 4.94. The van der Waals surface area contributed by atoms with Crippen LogP contribution < -0.4 is 5.32 Å². The van der Waals surface area contributed by atoms with E-state index >= 15 is 0 Å². The number of hydrogen-bond acceptors (Lipinski definition) is 5. The summed E-state index contributed by atoms with van der Waals surface area (Å²) in [7, 11) is 0. The Labute approximate surface area is 129 Å². The average molecular weight is 297 g/mol. The van der Waals surface area contributed by atoms with Crippen LogP contribution in [0.2, 0.25) is 0 Å². The highest BCUT2D eigenvalue weighted by atomic mass is 16.5. The third-order valence-electron chi connectivity index (χ3n) is 4.71. The van der Waals surface area contributed by atoms with Gasteiger partial charge in [-0.2, -0.15) is 0 Å². The van der Waals surface area contributed by atoms with Crippen LogP contribution in [0, 0.1) is 0 Å². The van der Waals surface area contributed by atoms with Gasteiger partial charge in [0.15, 0.2) is 0 Å². The third-order valence-corrected chi connectivity index (χ3v) is 4.71. The molecule has 122 valence electrons. The van der Waals surface area contributed by atoms with Crippen molar-refractivity contribution < 1.29 is 9.53 Å². The molecule has 1 atom stereocenters. The van der Waals surface area contributed by atoms with Gasteiger partial charge in [-0.15, -0.1) is 0 Å². The summed E-state index contributed by atoms with van der Waals surface area (Å²) in [5.74, 6) is -0.113. The Bertz CT molecular complexity index is 311. The topological polar surface area (TPSA) is 44.8 Å². The van der Waals surface area contributed by atoms with Gasteiger partial charge >= 0.3 is 5.97 Å². The molecule has 2 rings (SSSR count). The fraction of sp³-hybridized carbons (Fsp3) is 0.938. The quantitative estimate of drug-likeness (QED) is 0.713. The van der Waals surface area contributed by atoms with Crippen molar-refractivity contribution in [1.82, 2.24) is 15.1 Å². The van der Waals surface area contributed by atoms with Gasteiger partial charge in [0.25, 0.3) is 0 Å². The molecule has 21 heavy (non-hydrogen) atoms. The van der Waals surface area contributed by atoms with E-state index in [1.54, 1.807) is 0 Å². The molecule has 0 spiro atoms. The van der Waals surface area contributed by atoms with Gasteiger partial charge in [-0.1, -0.05) is 19.8 Å². The van der Waals surface area contributed by atoms with E-state index in [0.29, 0.717) is 6.61 Å². The molecule has 1 aliphatic heterocycles. The number of piperazine rings is 1. The maximum atomic E-state index is 12.0. The molecule has 0 aromatic heterocycles.